The molecule has 8 heteroatoms. The molecule has 208 valence electrons. The smallest absolute Gasteiger partial charge is 0.263 e. The third-order valence-electron chi connectivity index (χ3n) is 7.93. The zero-order valence-corrected chi connectivity index (χ0v) is 23.1. The van der Waals surface area contributed by atoms with Crippen LogP contribution in [0.25, 0.3) is 10.8 Å². The molecule has 4 aromatic carbocycles. The predicted octanol–water partition coefficient (Wildman–Crippen LogP) is 4.54. The standard InChI is InChI=1S/C33H31N3O5/c1-40-28-12-5-9-25(31(28)41-2)21-36-32(38)26-10-6-11-27(30(26)33(36)39)34-15-17-35(18-16-34)29(37)20-22-13-14-23-7-3-4-8-24(23)19-22/h3-14,19H,15-18,20-21H2,1-2H3. The summed E-state index contributed by atoms with van der Waals surface area (Å²) < 4.78 is 10.9. The Balaban J connectivity index is 1.15. The maximum atomic E-state index is 13.6. The number of hydrogen-bond acceptors (Lipinski definition) is 6. The second kappa shape index (κ2) is 11.0. The molecular weight excluding hydrogens is 518 g/mol. The first-order valence-corrected chi connectivity index (χ1v) is 13.7. The van der Waals surface area contributed by atoms with Crippen LogP contribution < -0.4 is 14.4 Å². The number of hydrogen-bond donors (Lipinski definition) is 0. The van der Waals surface area contributed by atoms with E-state index in [-0.39, 0.29) is 24.3 Å². The van der Waals surface area contributed by atoms with Gasteiger partial charge >= 0.3 is 0 Å². The van der Waals surface area contributed by atoms with Crippen molar-refractivity contribution in [1.82, 2.24) is 9.80 Å². The lowest BCUT2D eigenvalue weighted by Gasteiger charge is -2.36. The van der Waals surface area contributed by atoms with Gasteiger partial charge in [0.25, 0.3) is 11.8 Å². The van der Waals surface area contributed by atoms with Gasteiger partial charge in [-0.2, -0.15) is 0 Å². The number of imide groups is 1. The third kappa shape index (κ3) is 4.86. The van der Waals surface area contributed by atoms with Crippen molar-refractivity contribution in [1.29, 1.82) is 0 Å². The molecule has 3 amide bonds. The molecule has 41 heavy (non-hydrogen) atoms. The number of rotatable bonds is 7. The Morgan fingerprint density at radius 3 is 2.29 bits per heavy atom. The summed E-state index contributed by atoms with van der Waals surface area (Å²) in [4.78, 5) is 45.4. The number of para-hydroxylation sites is 1. The first-order chi connectivity index (χ1) is 20.0. The summed E-state index contributed by atoms with van der Waals surface area (Å²) in [6, 6.07) is 25.1. The van der Waals surface area contributed by atoms with Crippen molar-refractivity contribution >= 4 is 34.2 Å². The number of nitrogens with zero attached hydrogens (tertiary/aromatic N) is 3. The molecule has 1 fully saturated rings. The van der Waals surface area contributed by atoms with E-state index < -0.39 is 0 Å². The zero-order chi connectivity index (χ0) is 28.5. The molecule has 0 bridgehead atoms. The van der Waals surface area contributed by atoms with E-state index in [9.17, 15) is 14.4 Å². The summed E-state index contributed by atoms with van der Waals surface area (Å²) in [7, 11) is 3.08. The van der Waals surface area contributed by atoms with E-state index in [0.717, 1.165) is 22.0 Å². The molecule has 0 spiro atoms. The van der Waals surface area contributed by atoms with Crippen LogP contribution in [0.3, 0.4) is 0 Å². The van der Waals surface area contributed by atoms with Gasteiger partial charge in [0, 0.05) is 31.7 Å². The lowest BCUT2D eigenvalue weighted by atomic mass is 10.0. The van der Waals surface area contributed by atoms with Crippen LogP contribution >= 0.6 is 0 Å². The van der Waals surface area contributed by atoms with Crippen molar-refractivity contribution < 1.29 is 23.9 Å². The lowest BCUT2D eigenvalue weighted by molar-refractivity contribution is -0.130. The van der Waals surface area contributed by atoms with Gasteiger partial charge in [0.2, 0.25) is 5.91 Å². The molecule has 0 unspecified atom stereocenters. The highest BCUT2D eigenvalue weighted by Gasteiger charge is 2.39. The number of ether oxygens (including phenoxy) is 2. The fourth-order valence-corrected chi connectivity index (χ4v) is 5.80. The number of methoxy groups -OCH3 is 2. The van der Waals surface area contributed by atoms with Crippen LogP contribution in [0.2, 0.25) is 0 Å². The summed E-state index contributed by atoms with van der Waals surface area (Å²) >= 11 is 0. The molecule has 1 saturated heterocycles. The minimum atomic E-state index is -0.333. The highest BCUT2D eigenvalue weighted by Crippen LogP contribution is 2.36. The van der Waals surface area contributed by atoms with Crippen molar-refractivity contribution in [2.75, 3.05) is 45.3 Å². The van der Waals surface area contributed by atoms with Gasteiger partial charge in [0.05, 0.1) is 44.0 Å². The molecule has 2 aliphatic rings. The van der Waals surface area contributed by atoms with E-state index in [4.69, 9.17) is 9.47 Å². The molecular formula is C33H31N3O5. The minimum absolute atomic E-state index is 0.0726. The molecule has 0 atom stereocenters. The first kappa shape index (κ1) is 26.4. The summed E-state index contributed by atoms with van der Waals surface area (Å²) in [5.74, 6) is 0.454. The fourth-order valence-electron chi connectivity index (χ4n) is 5.80. The maximum Gasteiger partial charge on any atom is 0.263 e. The molecule has 0 aromatic heterocycles. The second-order valence-corrected chi connectivity index (χ2v) is 10.3. The summed E-state index contributed by atoms with van der Waals surface area (Å²) in [5.41, 5.74) is 3.21. The normalized spacial score (nSPS) is 14.9. The van der Waals surface area contributed by atoms with Crippen molar-refractivity contribution in [3.63, 3.8) is 0 Å². The quantitative estimate of drug-likeness (QED) is 0.315. The first-order valence-electron chi connectivity index (χ1n) is 13.7. The molecule has 2 heterocycles. The van der Waals surface area contributed by atoms with Gasteiger partial charge < -0.3 is 19.3 Å². The summed E-state index contributed by atoms with van der Waals surface area (Å²) in [5, 5.41) is 2.28. The van der Waals surface area contributed by atoms with Crippen LogP contribution in [0.15, 0.2) is 78.9 Å². The number of benzene rings is 4. The van der Waals surface area contributed by atoms with Gasteiger partial charge in [-0.05, 0) is 34.5 Å². The largest absolute Gasteiger partial charge is 0.493 e. The second-order valence-electron chi connectivity index (χ2n) is 10.3. The van der Waals surface area contributed by atoms with Crippen molar-refractivity contribution in [3.05, 3.63) is 101 Å². The topological polar surface area (TPSA) is 79.4 Å². The number of piperazine rings is 1. The fraction of sp³-hybridized carbons (Fsp3) is 0.242. The highest BCUT2D eigenvalue weighted by molar-refractivity contribution is 6.23. The summed E-state index contributed by atoms with van der Waals surface area (Å²) in [6.07, 6.45) is 0.348. The van der Waals surface area contributed by atoms with E-state index in [1.807, 2.05) is 41.3 Å². The van der Waals surface area contributed by atoms with Gasteiger partial charge in [0.15, 0.2) is 11.5 Å². The molecule has 2 aliphatic heterocycles. The van der Waals surface area contributed by atoms with E-state index in [1.54, 1.807) is 25.3 Å². The Kier molecular flexibility index (Phi) is 7.05. The Hall–Kier alpha value is -4.85. The predicted molar refractivity (Wildman–Crippen MR) is 157 cm³/mol. The van der Waals surface area contributed by atoms with Crippen molar-refractivity contribution in [2.24, 2.45) is 0 Å². The Morgan fingerprint density at radius 1 is 0.780 bits per heavy atom. The monoisotopic (exact) mass is 549 g/mol. The summed E-state index contributed by atoms with van der Waals surface area (Å²) in [6.45, 7) is 2.31. The number of anilines is 1. The van der Waals surface area contributed by atoms with Crippen LogP contribution in [-0.4, -0.2) is 67.9 Å². The Bertz CT molecular complexity index is 1660. The Morgan fingerprint density at radius 2 is 1.54 bits per heavy atom. The number of carbonyl (C=O) groups excluding carboxylic acids is 3. The van der Waals surface area contributed by atoms with Gasteiger partial charge in [-0.25, -0.2) is 0 Å². The van der Waals surface area contributed by atoms with E-state index in [2.05, 4.69) is 29.2 Å². The van der Waals surface area contributed by atoms with Gasteiger partial charge in [-0.3, -0.25) is 19.3 Å². The average molecular weight is 550 g/mol. The van der Waals surface area contributed by atoms with E-state index in [0.29, 0.717) is 60.8 Å². The van der Waals surface area contributed by atoms with Crippen molar-refractivity contribution in [3.8, 4) is 11.5 Å². The SMILES string of the molecule is COc1cccc(CN2C(=O)c3cccc(N4CCN(C(=O)Cc5ccc6ccccc6c5)CC4)c3C2=O)c1OC. The average Bonchev–Trinajstić information content (AvgIpc) is 3.25. The van der Waals surface area contributed by atoms with E-state index in [1.165, 1.54) is 12.0 Å². The van der Waals surface area contributed by atoms with Crippen LogP contribution in [-0.2, 0) is 17.8 Å². The van der Waals surface area contributed by atoms with Crippen LogP contribution in [0.4, 0.5) is 5.69 Å². The number of amides is 3. The molecule has 0 radical (unpaired) electrons. The maximum absolute atomic E-state index is 13.6. The van der Waals surface area contributed by atoms with Crippen LogP contribution in [0, 0.1) is 0 Å². The van der Waals surface area contributed by atoms with Crippen LogP contribution in [0.5, 0.6) is 11.5 Å². The molecule has 0 aliphatic carbocycles. The molecule has 8 nitrogen and oxygen atoms in total. The lowest BCUT2D eigenvalue weighted by Crippen LogP contribution is -2.49. The molecule has 0 N–H and O–H groups in total. The minimum Gasteiger partial charge on any atom is -0.493 e. The molecule has 4 aromatic rings. The van der Waals surface area contributed by atoms with Gasteiger partial charge in [-0.1, -0.05) is 60.7 Å². The Labute approximate surface area is 238 Å². The zero-order valence-electron chi connectivity index (χ0n) is 23.1. The molecule has 0 saturated carbocycles. The van der Waals surface area contributed by atoms with Crippen molar-refractivity contribution in [2.45, 2.75) is 13.0 Å². The van der Waals surface area contributed by atoms with Gasteiger partial charge in [-0.15, -0.1) is 0 Å². The van der Waals surface area contributed by atoms with Crippen LogP contribution in [0.1, 0.15) is 31.8 Å². The van der Waals surface area contributed by atoms with Gasteiger partial charge in [0.1, 0.15) is 0 Å². The third-order valence-corrected chi connectivity index (χ3v) is 7.93. The number of carbonyl (C=O) groups is 3. The highest BCUT2D eigenvalue weighted by atomic mass is 16.5. The number of fused-ring (bicyclic) bond motifs is 2. The van der Waals surface area contributed by atoms with E-state index >= 15 is 0 Å². The molecule has 6 rings (SSSR count).